The number of hydrogen-bond acceptors (Lipinski definition) is 5. The fourth-order valence-electron chi connectivity index (χ4n) is 3.76. The number of hydrogen-bond donors (Lipinski definition) is 2. The molecule has 1 aromatic heterocycles. The van der Waals surface area contributed by atoms with Crippen molar-refractivity contribution in [3.8, 4) is 5.75 Å². The Morgan fingerprint density at radius 1 is 0.914 bits per heavy atom. The van der Waals surface area contributed by atoms with E-state index in [0.29, 0.717) is 22.9 Å². The van der Waals surface area contributed by atoms with E-state index >= 15 is 0 Å². The van der Waals surface area contributed by atoms with Gasteiger partial charge in [0.25, 0.3) is 0 Å². The first-order valence-electron chi connectivity index (χ1n) is 10.8. The SMILES string of the molecule is O=C(O)C(Cc1ccc(OCCn2c(=O)sc3cc(Cc4ccc(Cl)cc4)ccc32)cc1)C(=O)O. The minimum absolute atomic E-state index is 0.0593. The van der Waals surface area contributed by atoms with E-state index in [4.69, 9.17) is 26.6 Å². The molecule has 0 fully saturated rings. The number of carboxylic acids is 2. The number of aromatic nitrogens is 1. The van der Waals surface area contributed by atoms with Gasteiger partial charge in [0.05, 0.1) is 16.8 Å². The Morgan fingerprint density at radius 3 is 2.20 bits per heavy atom. The summed E-state index contributed by atoms with van der Waals surface area (Å²) in [7, 11) is 0. The van der Waals surface area contributed by atoms with Gasteiger partial charge in [0, 0.05) is 5.02 Å². The second-order valence-electron chi connectivity index (χ2n) is 8.05. The maximum Gasteiger partial charge on any atom is 0.318 e. The van der Waals surface area contributed by atoms with E-state index in [-0.39, 0.29) is 17.9 Å². The first-order chi connectivity index (χ1) is 16.8. The van der Waals surface area contributed by atoms with Crippen molar-refractivity contribution in [3.63, 3.8) is 0 Å². The maximum atomic E-state index is 12.6. The van der Waals surface area contributed by atoms with Gasteiger partial charge in [-0.05, 0) is 65.9 Å². The van der Waals surface area contributed by atoms with Gasteiger partial charge >= 0.3 is 16.8 Å². The molecule has 0 aliphatic rings. The minimum Gasteiger partial charge on any atom is -0.492 e. The smallest absolute Gasteiger partial charge is 0.318 e. The largest absolute Gasteiger partial charge is 0.492 e. The number of rotatable bonds is 10. The van der Waals surface area contributed by atoms with E-state index in [0.717, 1.165) is 27.8 Å². The lowest BCUT2D eigenvalue weighted by Gasteiger charge is -2.10. The number of thiazole rings is 1. The zero-order valence-corrected chi connectivity index (χ0v) is 20.1. The monoisotopic (exact) mass is 511 g/mol. The van der Waals surface area contributed by atoms with E-state index in [1.165, 1.54) is 11.3 Å². The van der Waals surface area contributed by atoms with Crippen LogP contribution in [0.2, 0.25) is 5.02 Å². The predicted octanol–water partition coefficient (Wildman–Crippen LogP) is 4.71. The van der Waals surface area contributed by atoms with Crippen LogP contribution >= 0.6 is 22.9 Å². The molecular weight excluding hydrogens is 490 g/mol. The molecule has 9 heteroatoms. The van der Waals surface area contributed by atoms with E-state index in [2.05, 4.69) is 0 Å². The van der Waals surface area contributed by atoms with Crippen LogP contribution in [0.1, 0.15) is 16.7 Å². The number of carbonyl (C=O) groups is 2. The lowest BCUT2D eigenvalue weighted by Crippen LogP contribution is -2.25. The summed E-state index contributed by atoms with van der Waals surface area (Å²) in [5.41, 5.74) is 3.69. The lowest BCUT2D eigenvalue weighted by atomic mass is 10.00. The molecule has 4 aromatic rings. The van der Waals surface area contributed by atoms with E-state index < -0.39 is 17.9 Å². The van der Waals surface area contributed by atoms with Crippen LogP contribution in [-0.4, -0.2) is 33.3 Å². The fourth-order valence-corrected chi connectivity index (χ4v) is 4.87. The highest BCUT2D eigenvalue weighted by Gasteiger charge is 2.25. The van der Waals surface area contributed by atoms with Crippen molar-refractivity contribution >= 4 is 45.1 Å². The molecule has 180 valence electrons. The van der Waals surface area contributed by atoms with Crippen molar-refractivity contribution in [2.75, 3.05) is 6.61 Å². The summed E-state index contributed by atoms with van der Waals surface area (Å²) in [6.45, 7) is 0.641. The molecule has 3 aromatic carbocycles. The average Bonchev–Trinajstić information content (AvgIpc) is 3.13. The Balaban J connectivity index is 1.38. The predicted molar refractivity (Wildman–Crippen MR) is 135 cm³/mol. The molecule has 0 spiro atoms. The van der Waals surface area contributed by atoms with Crippen molar-refractivity contribution in [3.05, 3.63) is 98.1 Å². The van der Waals surface area contributed by atoms with Gasteiger partial charge in [-0.1, -0.05) is 53.3 Å². The molecule has 4 rings (SSSR count). The molecule has 0 unspecified atom stereocenters. The summed E-state index contributed by atoms with van der Waals surface area (Å²) in [6, 6.07) is 20.3. The molecule has 0 aliphatic carbocycles. The van der Waals surface area contributed by atoms with Crippen molar-refractivity contribution < 1.29 is 24.5 Å². The summed E-state index contributed by atoms with van der Waals surface area (Å²) < 4.78 is 8.35. The second kappa shape index (κ2) is 10.8. The second-order valence-corrected chi connectivity index (χ2v) is 9.48. The van der Waals surface area contributed by atoms with Crippen LogP contribution in [0.15, 0.2) is 71.5 Å². The number of benzene rings is 3. The molecule has 0 saturated carbocycles. The number of ether oxygens (including phenoxy) is 1. The molecule has 0 saturated heterocycles. The lowest BCUT2D eigenvalue weighted by molar-refractivity contribution is -0.154. The third-order valence-electron chi connectivity index (χ3n) is 5.60. The van der Waals surface area contributed by atoms with E-state index in [1.54, 1.807) is 28.8 Å². The third-order valence-corrected chi connectivity index (χ3v) is 6.79. The molecule has 0 atom stereocenters. The standard InChI is InChI=1S/C26H22ClNO6S/c27-19-6-1-16(2-7-19)13-18-5-10-22-23(15-18)35-26(33)28(22)11-12-34-20-8-3-17(4-9-20)14-21(24(29)30)25(31)32/h1-10,15,21H,11-14H2,(H,29,30)(H,31,32). The molecule has 1 heterocycles. The van der Waals surface area contributed by atoms with Crippen molar-refractivity contribution in [2.45, 2.75) is 19.4 Å². The maximum absolute atomic E-state index is 12.6. The van der Waals surface area contributed by atoms with Crippen LogP contribution in [0, 0.1) is 5.92 Å². The van der Waals surface area contributed by atoms with Crippen LogP contribution in [0.3, 0.4) is 0 Å². The highest BCUT2D eigenvalue weighted by atomic mass is 35.5. The van der Waals surface area contributed by atoms with Gasteiger partial charge in [-0.15, -0.1) is 0 Å². The topological polar surface area (TPSA) is 106 Å². The molecule has 7 nitrogen and oxygen atoms in total. The van der Waals surface area contributed by atoms with Crippen LogP contribution in [0.25, 0.3) is 10.2 Å². The highest BCUT2D eigenvalue weighted by Crippen LogP contribution is 2.22. The zero-order chi connectivity index (χ0) is 24.9. The van der Waals surface area contributed by atoms with Crippen LogP contribution in [0.4, 0.5) is 0 Å². The Bertz CT molecular complexity index is 1390. The van der Waals surface area contributed by atoms with Crippen molar-refractivity contribution in [1.29, 1.82) is 0 Å². The average molecular weight is 512 g/mol. The first kappa shape index (κ1) is 24.5. The quantitative estimate of drug-likeness (QED) is 0.299. The molecular formula is C26H22ClNO6S. The van der Waals surface area contributed by atoms with Crippen LogP contribution < -0.4 is 9.61 Å². The third kappa shape index (κ3) is 6.09. The Hall–Kier alpha value is -3.62. The van der Waals surface area contributed by atoms with E-state index in [1.807, 2.05) is 42.5 Å². The number of carboxylic acid groups (broad SMARTS) is 2. The Morgan fingerprint density at radius 2 is 1.54 bits per heavy atom. The van der Waals surface area contributed by atoms with E-state index in [9.17, 15) is 14.4 Å². The highest BCUT2D eigenvalue weighted by molar-refractivity contribution is 7.16. The number of halogens is 1. The zero-order valence-electron chi connectivity index (χ0n) is 18.5. The van der Waals surface area contributed by atoms with Gasteiger partial charge in [-0.25, -0.2) is 0 Å². The number of nitrogens with zero attached hydrogens (tertiary/aromatic N) is 1. The van der Waals surface area contributed by atoms with Gasteiger partial charge in [-0.2, -0.15) is 0 Å². The molecule has 2 N–H and O–H groups in total. The Labute approximate surface area is 209 Å². The summed E-state index contributed by atoms with van der Waals surface area (Å²) in [5.74, 6) is -3.69. The molecule has 0 amide bonds. The van der Waals surface area contributed by atoms with Gasteiger partial charge in [-0.3, -0.25) is 19.0 Å². The van der Waals surface area contributed by atoms with Gasteiger partial charge < -0.3 is 14.9 Å². The van der Waals surface area contributed by atoms with Gasteiger partial charge in [0.1, 0.15) is 12.4 Å². The number of aliphatic carboxylic acids is 2. The Kier molecular flexibility index (Phi) is 7.53. The molecule has 0 bridgehead atoms. The summed E-state index contributed by atoms with van der Waals surface area (Å²) in [6.07, 6.45) is 0.638. The van der Waals surface area contributed by atoms with Gasteiger partial charge in [0.2, 0.25) is 0 Å². The first-order valence-corrected chi connectivity index (χ1v) is 12.0. The summed E-state index contributed by atoms with van der Waals surface area (Å²) in [4.78, 5) is 34.6. The van der Waals surface area contributed by atoms with Crippen molar-refractivity contribution in [1.82, 2.24) is 4.57 Å². The van der Waals surface area contributed by atoms with Gasteiger partial charge in [0.15, 0.2) is 5.92 Å². The summed E-state index contributed by atoms with van der Waals surface area (Å²) in [5, 5.41) is 18.7. The minimum atomic E-state index is -1.49. The molecule has 0 aliphatic heterocycles. The van der Waals surface area contributed by atoms with Crippen molar-refractivity contribution in [2.24, 2.45) is 5.92 Å². The fraction of sp³-hybridized carbons (Fsp3) is 0.192. The van der Waals surface area contributed by atoms with Crippen LogP contribution in [-0.2, 0) is 29.0 Å². The molecule has 35 heavy (non-hydrogen) atoms. The molecule has 0 radical (unpaired) electrons. The number of fused-ring (bicyclic) bond motifs is 1. The van der Waals surface area contributed by atoms with Crippen LogP contribution in [0.5, 0.6) is 5.75 Å². The summed E-state index contributed by atoms with van der Waals surface area (Å²) >= 11 is 7.15. The normalized spacial score (nSPS) is 11.1.